The van der Waals surface area contributed by atoms with Gasteiger partial charge in [-0.05, 0) is 6.08 Å². The lowest BCUT2D eigenvalue weighted by Crippen LogP contribution is -2.15. The van der Waals surface area contributed by atoms with Gasteiger partial charge in [0, 0.05) is 7.11 Å². The maximum atomic E-state index is 8.92. The molecule has 0 aromatic heterocycles. The van der Waals surface area contributed by atoms with Crippen LogP contribution >= 0.6 is 0 Å². The van der Waals surface area contributed by atoms with Crippen molar-refractivity contribution in [2.24, 2.45) is 0 Å². The van der Waals surface area contributed by atoms with Crippen LogP contribution in [0.3, 0.4) is 0 Å². The first kappa shape index (κ1) is 11.4. The number of hydrogen-bond acceptors (Lipinski definition) is 5. The Kier molecular flexibility index (Phi) is 5.65. The lowest BCUT2D eigenvalue weighted by molar-refractivity contribution is 0.0573. The van der Waals surface area contributed by atoms with Crippen molar-refractivity contribution < 1.29 is 25.2 Å². The summed E-state index contributed by atoms with van der Waals surface area (Å²) in [6, 6.07) is 0. The molecule has 12 heavy (non-hydrogen) atoms. The summed E-state index contributed by atoms with van der Waals surface area (Å²) in [5.74, 6) is 0.259. The van der Waals surface area contributed by atoms with Crippen LogP contribution in [-0.4, -0.2) is 53.0 Å². The van der Waals surface area contributed by atoms with E-state index in [2.05, 4.69) is 0 Å². The Morgan fingerprint density at radius 3 is 2.58 bits per heavy atom. The van der Waals surface area contributed by atoms with E-state index in [9.17, 15) is 0 Å². The number of aliphatic hydroxyl groups is 4. The Morgan fingerprint density at radius 2 is 2.25 bits per heavy atom. The summed E-state index contributed by atoms with van der Waals surface area (Å²) in [7, 11) is 1.00. The molecule has 1 aliphatic heterocycles. The zero-order chi connectivity index (χ0) is 9.56. The third-order valence-corrected chi connectivity index (χ3v) is 1.28. The van der Waals surface area contributed by atoms with Crippen molar-refractivity contribution in [3.8, 4) is 0 Å². The van der Waals surface area contributed by atoms with Crippen LogP contribution in [0.25, 0.3) is 0 Å². The van der Waals surface area contributed by atoms with Crippen LogP contribution in [-0.2, 0) is 4.74 Å². The number of rotatable bonds is 2. The normalized spacial score (nSPS) is 23.4. The van der Waals surface area contributed by atoms with Crippen molar-refractivity contribution in [1.29, 1.82) is 0 Å². The van der Waals surface area contributed by atoms with E-state index >= 15 is 0 Å². The molecule has 5 heteroatoms. The molecule has 0 saturated carbocycles. The second-order valence-corrected chi connectivity index (χ2v) is 2.15. The Labute approximate surface area is 70.5 Å². The Balaban J connectivity index is 0.000000561. The summed E-state index contributed by atoms with van der Waals surface area (Å²) in [5, 5.41) is 33.2. The Morgan fingerprint density at radius 1 is 1.67 bits per heavy atom. The zero-order valence-electron chi connectivity index (χ0n) is 6.84. The van der Waals surface area contributed by atoms with Crippen LogP contribution in [0, 0.1) is 0 Å². The summed E-state index contributed by atoms with van der Waals surface area (Å²) < 4.78 is 4.82. The monoisotopic (exact) mass is 178 g/mol. The second kappa shape index (κ2) is 5.96. The molecule has 1 rings (SSSR count). The summed E-state index contributed by atoms with van der Waals surface area (Å²) in [6.45, 7) is -0.203. The molecule has 0 aromatic rings. The van der Waals surface area contributed by atoms with Crippen LogP contribution in [0.5, 0.6) is 0 Å². The van der Waals surface area contributed by atoms with Gasteiger partial charge in [-0.15, -0.1) is 0 Å². The minimum absolute atomic E-state index is 0.173. The molecule has 2 atom stereocenters. The first-order valence-electron chi connectivity index (χ1n) is 3.50. The van der Waals surface area contributed by atoms with Gasteiger partial charge in [0.25, 0.3) is 0 Å². The van der Waals surface area contributed by atoms with Gasteiger partial charge in [0.1, 0.15) is 24.6 Å². The molecule has 72 valence electrons. The maximum absolute atomic E-state index is 8.92. The molecular formula is C7H14O5. The Bertz CT molecular complexity index is 145. The van der Waals surface area contributed by atoms with Crippen molar-refractivity contribution in [2.45, 2.75) is 12.2 Å². The largest absolute Gasteiger partial charge is 0.492 e. The lowest BCUT2D eigenvalue weighted by Gasteiger charge is -2.07. The van der Waals surface area contributed by atoms with Crippen LogP contribution < -0.4 is 0 Å². The van der Waals surface area contributed by atoms with Crippen molar-refractivity contribution in [3.05, 3.63) is 11.8 Å². The van der Waals surface area contributed by atoms with E-state index in [-0.39, 0.29) is 19.0 Å². The van der Waals surface area contributed by atoms with Gasteiger partial charge in [-0.1, -0.05) is 0 Å². The zero-order valence-corrected chi connectivity index (χ0v) is 6.84. The molecule has 0 saturated heterocycles. The lowest BCUT2D eigenvalue weighted by atomic mass is 10.3. The van der Waals surface area contributed by atoms with Crippen LogP contribution in [0.4, 0.5) is 0 Å². The number of hydrogen-bond donors (Lipinski definition) is 4. The molecule has 0 spiro atoms. The van der Waals surface area contributed by atoms with Gasteiger partial charge in [-0.2, -0.15) is 0 Å². The van der Waals surface area contributed by atoms with Gasteiger partial charge in [0.2, 0.25) is 0 Å². The molecule has 1 aliphatic rings. The summed E-state index contributed by atoms with van der Waals surface area (Å²) in [6.07, 6.45) is -0.241. The highest BCUT2D eigenvalue weighted by atomic mass is 16.5. The quantitative estimate of drug-likeness (QED) is 0.401. The van der Waals surface area contributed by atoms with E-state index in [0.29, 0.717) is 0 Å². The molecule has 0 amide bonds. The van der Waals surface area contributed by atoms with Crippen molar-refractivity contribution >= 4 is 0 Å². The van der Waals surface area contributed by atoms with E-state index in [4.69, 9.17) is 25.2 Å². The molecule has 4 N–H and O–H groups in total. The number of aliphatic hydroxyl groups excluding tert-OH is 4. The molecule has 0 aromatic carbocycles. The highest BCUT2D eigenvalue weighted by Crippen LogP contribution is 2.13. The fourth-order valence-electron chi connectivity index (χ4n) is 0.765. The molecule has 0 radical (unpaired) electrons. The molecule has 5 nitrogen and oxygen atoms in total. The molecule has 2 unspecified atom stereocenters. The third-order valence-electron chi connectivity index (χ3n) is 1.28. The van der Waals surface area contributed by atoms with Crippen molar-refractivity contribution in [2.75, 3.05) is 20.3 Å². The van der Waals surface area contributed by atoms with Gasteiger partial charge in [0.15, 0.2) is 0 Å². The topological polar surface area (TPSA) is 90.2 Å². The van der Waals surface area contributed by atoms with E-state index in [0.717, 1.165) is 7.11 Å². The molecule has 1 heterocycles. The van der Waals surface area contributed by atoms with Crippen LogP contribution in [0.15, 0.2) is 11.8 Å². The van der Waals surface area contributed by atoms with Gasteiger partial charge in [0.05, 0.1) is 6.61 Å². The predicted molar refractivity (Wildman–Crippen MR) is 41.3 cm³/mol. The minimum Gasteiger partial charge on any atom is -0.492 e. The van der Waals surface area contributed by atoms with E-state index in [1.54, 1.807) is 0 Å². The number of ether oxygens (including phenoxy) is 1. The molecule has 0 aliphatic carbocycles. The fourth-order valence-corrected chi connectivity index (χ4v) is 0.765. The first-order chi connectivity index (χ1) is 5.74. The minimum atomic E-state index is -0.989. The van der Waals surface area contributed by atoms with E-state index < -0.39 is 12.2 Å². The highest BCUT2D eigenvalue weighted by molar-refractivity contribution is 5.07. The molecular weight excluding hydrogens is 164 g/mol. The van der Waals surface area contributed by atoms with Gasteiger partial charge < -0.3 is 25.2 Å². The van der Waals surface area contributed by atoms with Crippen LogP contribution in [0.1, 0.15) is 0 Å². The fraction of sp³-hybridized carbons (Fsp3) is 0.714. The van der Waals surface area contributed by atoms with E-state index in [1.807, 2.05) is 0 Å². The first-order valence-corrected chi connectivity index (χ1v) is 3.50. The van der Waals surface area contributed by atoms with Gasteiger partial charge in [-0.25, -0.2) is 0 Å². The van der Waals surface area contributed by atoms with Crippen molar-refractivity contribution in [3.63, 3.8) is 0 Å². The summed E-state index contributed by atoms with van der Waals surface area (Å²) in [4.78, 5) is 0. The highest BCUT2D eigenvalue weighted by Gasteiger charge is 2.19. The van der Waals surface area contributed by atoms with Gasteiger partial charge >= 0.3 is 0 Å². The standard InChI is InChI=1S/C6H10O4.CH4O/c7-2-5(9)6-1-4(8)3-10-6;1-2/h1,4-5,7-9H,2-3H2;2H,1H3. The predicted octanol–water partition coefficient (Wildman–Crippen LogP) is -1.78. The van der Waals surface area contributed by atoms with Crippen LogP contribution in [0.2, 0.25) is 0 Å². The van der Waals surface area contributed by atoms with Crippen molar-refractivity contribution in [1.82, 2.24) is 0 Å². The molecule has 0 fully saturated rings. The van der Waals surface area contributed by atoms with E-state index in [1.165, 1.54) is 6.08 Å². The molecule has 0 bridgehead atoms. The SMILES string of the molecule is CO.OCC(O)C1=CC(O)CO1. The van der Waals surface area contributed by atoms with Gasteiger partial charge in [-0.3, -0.25) is 0 Å². The summed E-state index contributed by atoms with van der Waals surface area (Å²) >= 11 is 0. The second-order valence-electron chi connectivity index (χ2n) is 2.15. The summed E-state index contributed by atoms with van der Waals surface area (Å²) in [5.41, 5.74) is 0. The Hall–Kier alpha value is -0.620. The average Bonchev–Trinajstić information content (AvgIpc) is 2.54. The smallest absolute Gasteiger partial charge is 0.134 e. The maximum Gasteiger partial charge on any atom is 0.134 e. The third kappa shape index (κ3) is 3.19. The average molecular weight is 178 g/mol.